The highest BCUT2D eigenvalue weighted by molar-refractivity contribution is 7.18. The third kappa shape index (κ3) is 2.89. The van der Waals surface area contributed by atoms with Crippen LogP contribution in [-0.4, -0.2) is 25.7 Å². The number of carbonyl (C=O) groups excluding carboxylic acids is 1. The van der Waals surface area contributed by atoms with Crippen LogP contribution in [0.1, 0.15) is 60.7 Å². The Morgan fingerprint density at radius 3 is 2.81 bits per heavy atom. The highest BCUT2D eigenvalue weighted by Crippen LogP contribution is 2.52. The first-order valence-electron chi connectivity index (χ1n) is 7.96. The molecule has 5 heteroatoms. The van der Waals surface area contributed by atoms with E-state index in [1.165, 1.54) is 47.6 Å². The lowest BCUT2D eigenvalue weighted by Crippen LogP contribution is -2.34. The molecule has 1 aliphatic heterocycles. The number of piperidine rings is 1. The van der Waals surface area contributed by atoms with Crippen molar-refractivity contribution in [2.45, 2.75) is 45.4 Å². The summed E-state index contributed by atoms with van der Waals surface area (Å²) in [5, 5.41) is 1.23. The van der Waals surface area contributed by atoms with Crippen LogP contribution >= 0.6 is 11.3 Å². The van der Waals surface area contributed by atoms with Crippen LogP contribution in [0.3, 0.4) is 0 Å². The molecule has 0 bridgehead atoms. The molecule has 21 heavy (non-hydrogen) atoms. The molecule has 0 spiro atoms. The van der Waals surface area contributed by atoms with Gasteiger partial charge in [0.1, 0.15) is 4.88 Å². The second kappa shape index (κ2) is 5.87. The minimum atomic E-state index is -0.266. The van der Waals surface area contributed by atoms with Crippen LogP contribution in [0.5, 0.6) is 0 Å². The van der Waals surface area contributed by atoms with Gasteiger partial charge in [0.05, 0.1) is 17.3 Å². The zero-order valence-corrected chi connectivity index (χ0v) is 13.7. The topological polar surface area (TPSA) is 55.6 Å². The third-order valence-corrected chi connectivity index (χ3v) is 5.62. The quantitative estimate of drug-likeness (QED) is 0.863. The largest absolute Gasteiger partial charge is 0.462 e. The maximum atomic E-state index is 12.1. The highest BCUT2D eigenvalue weighted by atomic mass is 32.1. The van der Waals surface area contributed by atoms with Gasteiger partial charge in [-0.1, -0.05) is 6.92 Å². The Hall–Kier alpha value is -1.23. The van der Waals surface area contributed by atoms with Crippen molar-refractivity contribution in [1.82, 2.24) is 0 Å². The van der Waals surface area contributed by atoms with E-state index in [4.69, 9.17) is 10.5 Å². The predicted molar refractivity (Wildman–Crippen MR) is 87.3 cm³/mol. The monoisotopic (exact) mass is 308 g/mol. The van der Waals surface area contributed by atoms with Gasteiger partial charge in [0, 0.05) is 18.7 Å². The zero-order chi connectivity index (χ0) is 15.0. The highest BCUT2D eigenvalue weighted by Gasteiger charge is 2.35. The Morgan fingerprint density at radius 1 is 1.43 bits per heavy atom. The lowest BCUT2D eigenvalue weighted by molar-refractivity contribution is 0.0533. The summed E-state index contributed by atoms with van der Waals surface area (Å²) in [5.41, 5.74) is 8.20. The lowest BCUT2D eigenvalue weighted by Gasteiger charge is -2.32. The molecule has 0 amide bonds. The van der Waals surface area contributed by atoms with Gasteiger partial charge >= 0.3 is 5.97 Å². The number of thiophene rings is 1. The Kier molecular flexibility index (Phi) is 4.11. The van der Waals surface area contributed by atoms with Crippen LogP contribution in [0, 0.1) is 5.92 Å². The number of anilines is 2. The Bertz CT molecular complexity index is 537. The van der Waals surface area contributed by atoms with Gasteiger partial charge < -0.3 is 15.4 Å². The van der Waals surface area contributed by atoms with E-state index < -0.39 is 0 Å². The fourth-order valence-electron chi connectivity index (χ4n) is 3.17. The standard InChI is InChI=1S/C16H24N2O2S/c1-3-20-16(19)14-13(17)12(11-6-7-11)15(21-14)18-8-4-5-10(2)9-18/h10-11H,3-9,17H2,1-2H3. The van der Waals surface area contributed by atoms with Crippen LogP contribution in [0.2, 0.25) is 0 Å². The molecular formula is C16H24N2O2S. The van der Waals surface area contributed by atoms with Gasteiger partial charge in [-0.25, -0.2) is 4.79 Å². The fourth-order valence-corrected chi connectivity index (χ4v) is 4.40. The minimum absolute atomic E-state index is 0.266. The van der Waals surface area contributed by atoms with Gasteiger partial charge in [0.15, 0.2) is 0 Å². The van der Waals surface area contributed by atoms with E-state index in [9.17, 15) is 4.79 Å². The van der Waals surface area contributed by atoms with Crippen LogP contribution in [-0.2, 0) is 4.74 Å². The SMILES string of the molecule is CCOC(=O)c1sc(N2CCCC(C)C2)c(C2CC2)c1N. The summed E-state index contributed by atoms with van der Waals surface area (Å²) in [6, 6.07) is 0. The molecule has 1 saturated carbocycles. The van der Waals surface area contributed by atoms with Crippen molar-refractivity contribution in [3.05, 3.63) is 10.4 Å². The molecule has 116 valence electrons. The number of hydrogen-bond acceptors (Lipinski definition) is 5. The molecular weight excluding hydrogens is 284 g/mol. The van der Waals surface area contributed by atoms with Gasteiger partial charge in [-0.15, -0.1) is 11.3 Å². The molecule has 1 unspecified atom stereocenters. The van der Waals surface area contributed by atoms with E-state index in [-0.39, 0.29) is 5.97 Å². The van der Waals surface area contributed by atoms with Crippen molar-refractivity contribution < 1.29 is 9.53 Å². The number of nitrogens with two attached hydrogens (primary N) is 1. The summed E-state index contributed by atoms with van der Waals surface area (Å²) in [4.78, 5) is 15.2. The van der Waals surface area contributed by atoms with E-state index in [0.717, 1.165) is 13.1 Å². The second-order valence-corrected chi connectivity index (χ2v) is 7.25. The average Bonchev–Trinajstić information content (AvgIpc) is 3.22. The van der Waals surface area contributed by atoms with E-state index >= 15 is 0 Å². The number of nitrogen functional groups attached to an aromatic ring is 1. The molecule has 1 atom stereocenters. The smallest absolute Gasteiger partial charge is 0.350 e. The van der Waals surface area contributed by atoms with Crippen molar-refractivity contribution >= 4 is 28.0 Å². The van der Waals surface area contributed by atoms with Crippen molar-refractivity contribution in [3.8, 4) is 0 Å². The van der Waals surface area contributed by atoms with Crippen molar-refractivity contribution in [3.63, 3.8) is 0 Å². The first-order valence-corrected chi connectivity index (χ1v) is 8.77. The number of carbonyl (C=O) groups is 1. The maximum Gasteiger partial charge on any atom is 0.350 e. The van der Waals surface area contributed by atoms with Crippen LogP contribution in [0.4, 0.5) is 10.7 Å². The van der Waals surface area contributed by atoms with Gasteiger partial charge in [0.25, 0.3) is 0 Å². The molecule has 2 N–H and O–H groups in total. The summed E-state index contributed by atoms with van der Waals surface area (Å²) in [7, 11) is 0. The van der Waals surface area contributed by atoms with E-state index in [1.54, 1.807) is 0 Å². The van der Waals surface area contributed by atoms with Crippen LogP contribution < -0.4 is 10.6 Å². The minimum Gasteiger partial charge on any atom is -0.462 e. The van der Waals surface area contributed by atoms with Gasteiger partial charge in [0.2, 0.25) is 0 Å². The molecule has 1 saturated heterocycles. The number of esters is 1. The van der Waals surface area contributed by atoms with Crippen molar-refractivity contribution in [1.29, 1.82) is 0 Å². The first-order chi connectivity index (χ1) is 10.1. The molecule has 4 nitrogen and oxygen atoms in total. The lowest BCUT2D eigenvalue weighted by atomic mass is 10.00. The van der Waals surface area contributed by atoms with E-state index in [2.05, 4.69) is 11.8 Å². The molecule has 0 radical (unpaired) electrons. The third-order valence-electron chi connectivity index (χ3n) is 4.35. The molecule has 3 rings (SSSR count). The van der Waals surface area contributed by atoms with Crippen molar-refractivity contribution in [2.75, 3.05) is 30.3 Å². The predicted octanol–water partition coefficient (Wildman–Crippen LogP) is 3.62. The van der Waals surface area contributed by atoms with E-state index in [1.807, 2.05) is 6.92 Å². The van der Waals surface area contributed by atoms with Crippen LogP contribution in [0.15, 0.2) is 0 Å². The maximum absolute atomic E-state index is 12.1. The van der Waals surface area contributed by atoms with Gasteiger partial charge in [-0.3, -0.25) is 0 Å². The second-order valence-electron chi connectivity index (χ2n) is 6.25. The molecule has 2 heterocycles. The van der Waals surface area contributed by atoms with Gasteiger partial charge in [-0.05, 0) is 44.4 Å². The summed E-state index contributed by atoms with van der Waals surface area (Å²) in [6.45, 7) is 6.67. The molecule has 2 aliphatic rings. The molecule has 1 aromatic heterocycles. The molecule has 1 aliphatic carbocycles. The van der Waals surface area contributed by atoms with Crippen molar-refractivity contribution in [2.24, 2.45) is 5.92 Å². The summed E-state index contributed by atoms with van der Waals surface area (Å²) < 4.78 is 5.16. The summed E-state index contributed by atoms with van der Waals surface area (Å²) in [5.74, 6) is 0.995. The summed E-state index contributed by atoms with van der Waals surface area (Å²) >= 11 is 1.54. The summed E-state index contributed by atoms with van der Waals surface area (Å²) in [6.07, 6.45) is 4.90. The molecule has 0 aromatic carbocycles. The first kappa shape index (κ1) is 14.7. The molecule has 2 fully saturated rings. The molecule has 1 aromatic rings. The fraction of sp³-hybridized carbons (Fsp3) is 0.688. The Balaban J connectivity index is 1.94. The Morgan fingerprint density at radius 2 is 2.19 bits per heavy atom. The van der Waals surface area contributed by atoms with Crippen LogP contribution in [0.25, 0.3) is 0 Å². The number of nitrogens with zero attached hydrogens (tertiary/aromatic N) is 1. The normalized spacial score (nSPS) is 22.4. The van der Waals surface area contributed by atoms with Gasteiger partial charge in [-0.2, -0.15) is 0 Å². The average molecular weight is 308 g/mol. The number of rotatable bonds is 4. The number of hydrogen-bond donors (Lipinski definition) is 1. The Labute approximate surface area is 130 Å². The van der Waals surface area contributed by atoms with E-state index in [0.29, 0.717) is 29.0 Å². The zero-order valence-electron chi connectivity index (χ0n) is 12.9. The number of ether oxygens (including phenoxy) is 1.